The van der Waals surface area contributed by atoms with Crippen LogP contribution in [0.25, 0.3) is 0 Å². The van der Waals surface area contributed by atoms with Crippen LogP contribution < -0.4 is 11.1 Å². The maximum absolute atomic E-state index is 11.3. The minimum Gasteiger partial charge on any atom is -0.460 e. The van der Waals surface area contributed by atoms with Gasteiger partial charge in [-0.2, -0.15) is 8.42 Å². The predicted octanol–water partition coefficient (Wildman–Crippen LogP) is -0.950. The molecule has 0 aromatic carbocycles. The van der Waals surface area contributed by atoms with Gasteiger partial charge in [-0.25, -0.2) is 0 Å². The van der Waals surface area contributed by atoms with Crippen molar-refractivity contribution in [1.29, 1.82) is 0 Å². The summed E-state index contributed by atoms with van der Waals surface area (Å²) in [4.78, 5) is 22.6. The van der Waals surface area contributed by atoms with E-state index in [2.05, 4.69) is 5.32 Å². The molecule has 1 atom stereocenters. The Labute approximate surface area is 112 Å². The number of ether oxygens (including phenoxy) is 1. The molecule has 0 fully saturated rings. The van der Waals surface area contributed by atoms with Crippen molar-refractivity contribution in [3.8, 4) is 0 Å². The molecule has 1 unspecified atom stereocenters. The van der Waals surface area contributed by atoms with E-state index in [1.54, 1.807) is 20.8 Å². The summed E-state index contributed by atoms with van der Waals surface area (Å²) in [5.74, 6) is -2.12. The second-order valence-electron chi connectivity index (χ2n) is 4.98. The van der Waals surface area contributed by atoms with Crippen molar-refractivity contribution in [1.82, 2.24) is 5.32 Å². The number of esters is 1. The summed E-state index contributed by atoms with van der Waals surface area (Å²) in [5.41, 5.74) is 4.65. The van der Waals surface area contributed by atoms with E-state index in [1.165, 1.54) is 0 Å². The highest BCUT2D eigenvalue weighted by Gasteiger charge is 2.21. The van der Waals surface area contributed by atoms with E-state index in [0.29, 0.717) is 0 Å². The van der Waals surface area contributed by atoms with Crippen LogP contribution >= 0.6 is 0 Å². The van der Waals surface area contributed by atoms with Crippen LogP contribution in [0.4, 0.5) is 0 Å². The number of amides is 1. The fraction of sp³-hybridized carbons (Fsp3) is 0.800. The number of hydrogen-bond donors (Lipinski definition) is 3. The Morgan fingerprint density at radius 2 is 1.89 bits per heavy atom. The summed E-state index contributed by atoms with van der Waals surface area (Å²) in [6, 6.07) is -1.38. The van der Waals surface area contributed by atoms with Crippen LogP contribution in [0.1, 0.15) is 27.2 Å². The maximum atomic E-state index is 11.3. The first-order valence-corrected chi connectivity index (χ1v) is 7.22. The molecule has 19 heavy (non-hydrogen) atoms. The summed E-state index contributed by atoms with van der Waals surface area (Å²) < 4.78 is 34.5. The molecule has 0 aliphatic rings. The first kappa shape index (κ1) is 17.8. The molecule has 112 valence electrons. The SMILES string of the molecule is CC(C)(C)OC(=O)CCNC(=O)C(N)CS(=O)(=O)O. The zero-order valence-corrected chi connectivity index (χ0v) is 12.0. The van der Waals surface area contributed by atoms with Crippen LogP contribution in [-0.4, -0.2) is 48.8 Å². The number of nitrogens with one attached hydrogen (secondary N) is 1. The lowest BCUT2D eigenvalue weighted by Gasteiger charge is -2.19. The van der Waals surface area contributed by atoms with Crippen molar-refractivity contribution in [2.75, 3.05) is 12.3 Å². The fourth-order valence-electron chi connectivity index (χ4n) is 1.11. The summed E-state index contributed by atoms with van der Waals surface area (Å²) in [7, 11) is -4.31. The van der Waals surface area contributed by atoms with E-state index in [1.807, 2.05) is 0 Å². The maximum Gasteiger partial charge on any atom is 0.308 e. The van der Waals surface area contributed by atoms with E-state index >= 15 is 0 Å². The molecule has 0 saturated heterocycles. The van der Waals surface area contributed by atoms with Crippen molar-refractivity contribution in [3.05, 3.63) is 0 Å². The number of carbonyl (C=O) groups is 2. The first-order valence-electron chi connectivity index (χ1n) is 5.61. The normalized spacial score (nSPS) is 13.7. The van der Waals surface area contributed by atoms with Crippen molar-refractivity contribution in [2.24, 2.45) is 5.73 Å². The minimum atomic E-state index is -4.31. The Kier molecular flexibility index (Phi) is 6.40. The van der Waals surface area contributed by atoms with Gasteiger partial charge in [0.2, 0.25) is 5.91 Å². The monoisotopic (exact) mass is 296 g/mol. The van der Waals surface area contributed by atoms with Crippen molar-refractivity contribution in [3.63, 3.8) is 0 Å². The molecule has 9 heteroatoms. The molecule has 0 bridgehead atoms. The predicted molar refractivity (Wildman–Crippen MR) is 67.9 cm³/mol. The molecular weight excluding hydrogens is 276 g/mol. The highest BCUT2D eigenvalue weighted by molar-refractivity contribution is 7.85. The molecule has 0 aromatic rings. The zero-order valence-electron chi connectivity index (χ0n) is 11.2. The van der Waals surface area contributed by atoms with Gasteiger partial charge >= 0.3 is 5.97 Å². The van der Waals surface area contributed by atoms with Gasteiger partial charge in [0.05, 0.1) is 12.2 Å². The molecule has 0 aliphatic heterocycles. The quantitative estimate of drug-likeness (QED) is 0.424. The first-order chi connectivity index (χ1) is 8.41. The molecule has 4 N–H and O–H groups in total. The Hall–Kier alpha value is -1.19. The summed E-state index contributed by atoms with van der Waals surface area (Å²) >= 11 is 0. The number of rotatable bonds is 6. The van der Waals surface area contributed by atoms with Crippen molar-refractivity contribution >= 4 is 22.0 Å². The summed E-state index contributed by atoms with van der Waals surface area (Å²) in [5, 5.41) is 2.28. The number of carbonyl (C=O) groups excluding carboxylic acids is 2. The molecule has 1 amide bonds. The Bertz CT molecular complexity index is 426. The second-order valence-corrected chi connectivity index (χ2v) is 6.48. The Morgan fingerprint density at radius 1 is 1.37 bits per heavy atom. The second kappa shape index (κ2) is 6.83. The van der Waals surface area contributed by atoms with Gasteiger partial charge < -0.3 is 15.8 Å². The standard InChI is InChI=1S/C10H20N2O6S/c1-10(2,3)18-8(13)4-5-12-9(14)7(11)6-19(15,16)17/h7H,4-6,11H2,1-3H3,(H,12,14)(H,15,16,17). The van der Waals surface area contributed by atoms with E-state index in [-0.39, 0.29) is 13.0 Å². The highest BCUT2D eigenvalue weighted by Crippen LogP contribution is 2.07. The van der Waals surface area contributed by atoms with Gasteiger partial charge in [0, 0.05) is 6.54 Å². The van der Waals surface area contributed by atoms with Crippen LogP contribution in [0.15, 0.2) is 0 Å². The highest BCUT2D eigenvalue weighted by atomic mass is 32.2. The molecule has 0 spiro atoms. The van der Waals surface area contributed by atoms with Gasteiger partial charge in [0.25, 0.3) is 10.1 Å². The van der Waals surface area contributed by atoms with E-state index in [9.17, 15) is 18.0 Å². The third-order valence-electron chi connectivity index (χ3n) is 1.78. The average molecular weight is 296 g/mol. The molecule has 8 nitrogen and oxygen atoms in total. The fourth-order valence-corrected chi connectivity index (χ4v) is 1.72. The molecule has 0 rings (SSSR count). The van der Waals surface area contributed by atoms with Crippen LogP contribution in [0.2, 0.25) is 0 Å². The smallest absolute Gasteiger partial charge is 0.308 e. The Morgan fingerprint density at radius 3 is 2.32 bits per heavy atom. The van der Waals surface area contributed by atoms with Crippen molar-refractivity contribution < 1.29 is 27.3 Å². The minimum absolute atomic E-state index is 0.0209. The van der Waals surface area contributed by atoms with E-state index < -0.39 is 39.4 Å². The van der Waals surface area contributed by atoms with Gasteiger partial charge in [-0.1, -0.05) is 0 Å². The third-order valence-corrected chi connectivity index (χ3v) is 2.56. The zero-order chi connectivity index (χ0) is 15.3. The lowest BCUT2D eigenvalue weighted by atomic mass is 10.2. The molecule has 0 aliphatic carbocycles. The van der Waals surface area contributed by atoms with Gasteiger partial charge in [-0.15, -0.1) is 0 Å². The Balaban J connectivity index is 4.02. The van der Waals surface area contributed by atoms with Gasteiger partial charge in [0.1, 0.15) is 11.6 Å². The number of hydrogen-bond acceptors (Lipinski definition) is 6. The molecule has 0 saturated carbocycles. The average Bonchev–Trinajstić information content (AvgIpc) is 2.11. The van der Waals surface area contributed by atoms with Gasteiger partial charge in [-0.05, 0) is 20.8 Å². The van der Waals surface area contributed by atoms with Gasteiger partial charge in [-0.3, -0.25) is 14.1 Å². The van der Waals surface area contributed by atoms with Crippen LogP contribution in [0.5, 0.6) is 0 Å². The van der Waals surface area contributed by atoms with Crippen molar-refractivity contribution in [2.45, 2.75) is 38.8 Å². The molecule has 0 aromatic heterocycles. The van der Waals surface area contributed by atoms with Gasteiger partial charge in [0.15, 0.2) is 0 Å². The van der Waals surface area contributed by atoms with E-state index in [0.717, 1.165) is 0 Å². The van der Waals surface area contributed by atoms with E-state index in [4.69, 9.17) is 15.0 Å². The largest absolute Gasteiger partial charge is 0.460 e. The topological polar surface area (TPSA) is 136 Å². The summed E-state index contributed by atoms with van der Waals surface area (Å²) in [6.07, 6.45) is -0.0540. The number of nitrogens with two attached hydrogens (primary N) is 1. The molecule has 0 radical (unpaired) electrons. The van der Waals surface area contributed by atoms with Crippen LogP contribution in [0.3, 0.4) is 0 Å². The lowest BCUT2D eigenvalue weighted by molar-refractivity contribution is -0.154. The molecular formula is C10H20N2O6S. The third kappa shape index (κ3) is 10.4. The van der Waals surface area contributed by atoms with Crippen LogP contribution in [0, 0.1) is 0 Å². The molecule has 0 heterocycles. The van der Waals surface area contributed by atoms with Crippen LogP contribution in [-0.2, 0) is 24.4 Å². The summed E-state index contributed by atoms with van der Waals surface area (Å²) in [6.45, 7) is 5.12. The lowest BCUT2D eigenvalue weighted by Crippen LogP contribution is -2.45.